The number of carbonyl (C=O) groups is 2. The minimum atomic E-state index is -0.923. The van der Waals surface area contributed by atoms with E-state index in [0.29, 0.717) is 0 Å². The Balaban J connectivity index is 2.58. The molecule has 1 aromatic rings. The summed E-state index contributed by atoms with van der Waals surface area (Å²) in [6.07, 6.45) is 0.764. The van der Waals surface area contributed by atoms with Gasteiger partial charge in [-0.3, -0.25) is 4.79 Å². The summed E-state index contributed by atoms with van der Waals surface area (Å²) in [6.45, 7) is 5.24. The zero-order valence-electron chi connectivity index (χ0n) is 12.1. The Hall–Kier alpha value is -2.04. The molecule has 3 N–H and O–H groups in total. The van der Waals surface area contributed by atoms with E-state index in [0.717, 1.165) is 12.0 Å². The highest BCUT2D eigenvalue weighted by atomic mass is 16.4. The van der Waals surface area contributed by atoms with E-state index in [1.807, 2.05) is 37.3 Å². The first-order valence-electron chi connectivity index (χ1n) is 6.80. The normalized spacial score (nSPS) is 14.9. The zero-order valence-corrected chi connectivity index (χ0v) is 12.1. The first-order chi connectivity index (χ1) is 9.45. The molecular weight excluding hydrogens is 256 g/mol. The maximum Gasteiger partial charge on any atom is 0.315 e. The molecule has 0 fully saturated rings. The van der Waals surface area contributed by atoms with Crippen molar-refractivity contribution in [2.75, 3.05) is 0 Å². The van der Waals surface area contributed by atoms with E-state index in [1.165, 1.54) is 0 Å². The number of amides is 2. The molecule has 5 nitrogen and oxygen atoms in total. The summed E-state index contributed by atoms with van der Waals surface area (Å²) in [5.74, 6) is -1.55. The van der Waals surface area contributed by atoms with E-state index in [2.05, 4.69) is 10.6 Å². The SMILES string of the molecule is CCC(NC(=O)NC(C)C(C)C(=O)O)c1ccccc1. The van der Waals surface area contributed by atoms with Crippen LogP contribution in [0.1, 0.15) is 38.8 Å². The van der Waals surface area contributed by atoms with Crippen LogP contribution in [-0.2, 0) is 4.79 Å². The van der Waals surface area contributed by atoms with Crippen molar-refractivity contribution in [1.82, 2.24) is 10.6 Å². The number of carbonyl (C=O) groups excluding carboxylic acids is 1. The zero-order chi connectivity index (χ0) is 15.1. The average Bonchev–Trinajstić information content (AvgIpc) is 2.44. The summed E-state index contributed by atoms with van der Waals surface area (Å²) < 4.78 is 0. The van der Waals surface area contributed by atoms with Crippen LogP contribution in [0.15, 0.2) is 30.3 Å². The first kappa shape index (κ1) is 16.0. The molecule has 2 amide bonds. The monoisotopic (exact) mass is 278 g/mol. The summed E-state index contributed by atoms with van der Waals surface area (Å²) >= 11 is 0. The van der Waals surface area contributed by atoms with Crippen LogP contribution < -0.4 is 10.6 Å². The lowest BCUT2D eigenvalue weighted by molar-refractivity contribution is -0.141. The van der Waals surface area contributed by atoms with Gasteiger partial charge in [-0.25, -0.2) is 4.79 Å². The fraction of sp³-hybridized carbons (Fsp3) is 0.467. The molecule has 0 aliphatic rings. The van der Waals surface area contributed by atoms with Crippen LogP contribution in [0.5, 0.6) is 0 Å². The second-order valence-electron chi connectivity index (χ2n) is 4.90. The largest absolute Gasteiger partial charge is 0.481 e. The van der Waals surface area contributed by atoms with Crippen LogP contribution >= 0.6 is 0 Å². The molecule has 1 rings (SSSR count). The highest BCUT2D eigenvalue weighted by Gasteiger charge is 2.22. The van der Waals surface area contributed by atoms with Gasteiger partial charge in [-0.2, -0.15) is 0 Å². The highest BCUT2D eigenvalue weighted by Crippen LogP contribution is 2.15. The topological polar surface area (TPSA) is 78.4 Å². The van der Waals surface area contributed by atoms with Crippen molar-refractivity contribution in [2.24, 2.45) is 5.92 Å². The van der Waals surface area contributed by atoms with Gasteiger partial charge in [0.2, 0.25) is 0 Å². The number of nitrogens with one attached hydrogen (secondary N) is 2. The molecule has 0 saturated heterocycles. The molecule has 0 aliphatic heterocycles. The Bertz CT molecular complexity index is 448. The van der Waals surface area contributed by atoms with Gasteiger partial charge in [0.05, 0.1) is 12.0 Å². The quantitative estimate of drug-likeness (QED) is 0.748. The third kappa shape index (κ3) is 4.57. The van der Waals surface area contributed by atoms with E-state index in [9.17, 15) is 9.59 Å². The molecule has 0 heterocycles. The molecule has 0 saturated carbocycles. The average molecular weight is 278 g/mol. The summed E-state index contributed by atoms with van der Waals surface area (Å²) in [5.41, 5.74) is 1.03. The minimum Gasteiger partial charge on any atom is -0.481 e. The van der Waals surface area contributed by atoms with Crippen molar-refractivity contribution < 1.29 is 14.7 Å². The molecule has 5 heteroatoms. The fourth-order valence-electron chi connectivity index (χ4n) is 1.85. The lowest BCUT2D eigenvalue weighted by atomic mass is 10.0. The van der Waals surface area contributed by atoms with Crippen LogP contribution in [0.4, 0.5) is 4.79 Å². The van der Waals surface area contributed by atoms with E-state index >= 15 is 0 Å². The van der Waals surface area contributed by atoms with Gasteiger partial charge in [-0.15, -0.1) is 0 Å². The first-order valence-corrected chi connectivity index (χ1v) is 6.80. The van der Waals surface area contributed by atoms with Crippen molar-refractivity contribution >= 4 is 12.0 Å². The predicted molar refractivity (Wildman–Crippen MR) is 77.4 cm³/mol. The third-order valence-electron chi connectivity index (χ3n) is 3.41. The second-order valence-corrected chi connectivity index (χ2v) is 4.90. The van der Waals surface area contributed by atoms with Crippen LogP contribution in [0.25, 0.3) is 0 Å². The Morgan fingerprint density at radius 1 is 1.15 bits per heavy atom. The highest BCUT2D eigenvalue weighted by molar-refractivity contribution is 5.76. The lowest BCUT2D eigenvalue weighted by Gasteiger charge is -2.22. The molecule has 0 aliphatic carbocycles. The molecular formula is C15H22N2O3. The molecule has 3 unspecified atom stereocenters. The number of benzene rings is 1. The Kier molecular flexibility index (Phi) is 6.03. The Morgan fingerprint density at radius 2 is 1.75 bits per heavy atom. The van der Waals surface area contributed by atoms with E-state index in [-0.39, 0.29) is 12.1 Å². The number of hydrogen-bond acceptors (Lipinski definition) is 2. The number of carboxylic acid groups (broad SMARTS) is 1. The van der Waals surface area contributed by atoms with Gasteiger partial charge in [0.25, 0.3) is 0 Å². The van der Waals surface area contributed by atoms with Gasteiger partial charge in [0.15, 0.2) is 0 Å². The molecule has 110 valence electrons. The molecule has 3 atom stereocenters. The molecule has 0 bridgehead atoms. The van der Waals surface area contributed by atoms with Crippen LogP contribution in [0.3, 0.4) is 0 Å². The summed E-state index contributed by atoms with van der Waals surface area (Å²) in [6, 6.07) is 8.83. The molecule has 0 spiro atoms. The van der Waals surface area contributed by atoms with Gasteiger partial charge in [0.1, 0.15) is 0 Å². The molecule has 0 radical (unpaired) electrons. The number of hydrogen-bond donors (Lipinski definition) is 3. The number of carboxylic acids is 1. The van der Waals surface area contributed by atoms with Crippen LogP contribution in [0.2, 0.25) is 0 Å². The summed E-state index contributed by atoms with van der Waals surface area (Å²) in [5, 5.41) is 14.4. The van der Waals surface area contributed by atoms with Crippen molar-refractivity contribution in [3.63, 3.8) is 0 Å². The van der Waals surface area contributed by atoms with E-state index in [4.69, 9.17) is 5.11 Å². The maximum absolute atomic E-state index is 11.9. The summed E-state index contributed by atoms with van der Waals surface area (Å²) in [7, 11) is 0. The molecule has 20 heavy (non-hydrogen) atoms. The number of aliphatic carboxylic acids is 1. The van der Waals surface area contributed by atoms with Crippen molar-refractivity contribution in [1.29, 1.82) is 0 Å². The van der Waals surface area contributed by atoms with Crippen LogP contribution in [-0.4, -0.2) is 23.1 Å². The van der Waals surface area contributed by atoms with Crippen molar-refractivity contribution in [3.8, 4) is 0 Å². The summed E-state index contributed by atoms with van der Waals surface area (Å²) in [4.78, 5) is 22.8. The van der Waals surface area contributed by atoms with Crippen molar-refractivity contribution in [3.05, 3.63) is 35.9 Å². The maximum atomic E-state index is 11.9. The molecule has 1 aromatic carbocycles. The third-order valence-corrected chi connectivity index (χ3v) is 3.41. The van der Waals surface area contributed by atoms with Gasteiger partial charge in [-0.05, 0) is 25.8 Å². The van der Waals surface area contributed by atoms with Gasteiger partial charge in [0, 0.05) is 6.04 Å². The molecule has 0 aromatic heterocycles. The minimum absolute atomic E-state index is 0.0801. The van der Waals surface area contributed by atoms with Crippen LogP contribution in [0, 0.1) is 5.92 Å². The van der Waals surface area contributed by atoms with E-state index in [1.54, 1.807) is 13.8 Å². The second kappa shape index (κ2) is 7.53. The fourth-order valence-corrected chi connectivity index (χ4v) is 1.85. The lowest BCUT2D eigenvalue weighted by Crippen LogP contribution is -2.46. The van der Waals surface area contributed by atoms with Gasteiger partial charge < -0.3 is 15.7 Å². The number of urea groups is 1. The Morgan fingerprint density at radius 3 is 2.25 bits per heavy atom. The van der Waals surface area contributed by atoms with Crippen molar-refractivity contribution in [2.45, 2.75) is 39.3 Å². The number of rotatable bonds is 6. The van der Waals surface area contributed by atoms with E-state index < -0.39 is 17.9 Å². The van der Waals surface area contributed by atoms with Gasteiger partial charge >= 0.3 is 12.0 Å². The standard InChI is InChI=1S/C15H22N2O3/c1-4-13(12-8-6-5-7-9-12)17-15(20)16-11(3)10(2)14(18)19/h5-11,13H,4H2,1-3H3,(H,18,19)(H2,16,17,20). The predicted octanol–water partition coefficient (Wildman–Crippen LogP) is 2.55. The van der Waals surface area contributed by atoms with Gasteiger partial charge in [-0.1, -0.05) is 37.3 Å². The Labute approximate surface area is 119 Å². The smallest absolute Gasteiger partial charge is 0.315 e.